The zero-order chi connectivity index (χ0) is 23.5. The quantitative estimate of drug-likeness (QED) is 0.422. The summed E-state index contributed by atoms with van der Waals surface area (Å²) in [5, 5.41) is 0. The van der Waals surface area contributed by atoms with Gasteiger partial charge >= 0.3 is 5.69 Å². The zero-order valence-electron chi connectivity index (χ0n) is 18.4. The highest BCUT2D eigenvalue weighted by molar-refractivity contribution is 6.02. The Morgan fingerprint density at radius 1 is 1.03 bits per heavy atom. The molecule has 4 aromatic rings. The Balaban J connectivity index is 1.99. The number of benzene rings is 2. The molecule has 0 saturated heterocycles. The van der Waals surface area contributed by atoms with Gasteiger partial charge in [-0.05, 0) is 44.2 Å². The molecule has 170 valence electrons. The largest absolute Gasteiger partial charge is 0.493 e. The van der Waals surface area contributed by atoms with Gasteiger partial charge in [0.1, 0.15) is 11.3 Å². The van der Waals surface area contributed by atoms with Crippen LogP contribution in [0.1, 0.15) is 24.3 Å². The van der Waals surface area contributed by atoms with Gasteiger partial charge in [0.05, 0.1) is 26.0 Å². The van der Waals surface area contributed by atoms with E-state index >= 15 is 0 Å². The molecule has 0 unspecified atom stereocenters. The van der Waals surface area contributed by atoms with Gasteiger partial charge < -0.3 is 24.9 Å². The lowest BCUT2D eigenvalue weighted by molar-refractivity contribution is 0.0997. The van der Waals surface area contributed by atoms with E-state index in [9.17, 15) is 9.59 Å². The summed E-state index contributed by atoms with van der Waals surface area (Å²) in [6.07, 6.45) is 0. The van der Waals surface area contributed by atoms with Crippen molar-refractivity contribution in [3.05, 3.63) is 58.6 Å². The predicted octanol–water partition coefficient (Wildman–Crippen LogP) is 2.68. The number of methoxy groups -OCH3 is 1. The number of aromatic nitrogens is 4. The average molecular weight is 449 g/mol. The fourth-order valence-corrected chi connectivity index (χ4v) is 3.52. The van der Waals surface area contributed by atoms with Crippen LogP contribution in [-0.4, -0.2) is 45.7 Å². The van der Waals surface area contributed by atoms with Crippen LogP contribution in [0.3, 0.4) is 0 Å². The molecular formula is C23H23N5O5. The molecule has 0 aliphatic carbocycles. The van der Waals surface area contributed by atoms with E-state index in [2.05, 4.69) is 15.0 Å². The Labute approximate surface area is 188 Å². The third-order valence-electron chi connectivity index (χ3n) is 4.90. The molecule has 10 heteroatoms. The number of carbonyl (C=O) groups excluding carboxylic acids is 1. The fraction of sp³-hybridized carbons (Fsp3) is 0.217. The first-order valence-electron chi connectivity index (χ1n) is 10.3. The number of nitrogens with zero attached hydrogens (tertiary/aromatic N) is 3. The van der Waals surface area contributed by atoms with E-state index in [0.717, 1.165) is 0 Å². The maximum absolute atomic E-state index is 12.9. The number of para-hydroxylation sites is 2. The Bertz CT molecular complexity index is 1390. The van der Waals surface area contributed by atoms with Gasteiger partial charge in [0.15, 0.2) is 28.7 Å². The third kappa shape index (κ3) is 3.98. The topological polar surface area (TPSA) is 134 Å². The van der Waals surface area contributed by atoms with Crippen molar-refractivity contribution in [2.45, 2.75) is 13.8 Å². The summed E-state index contributed by atoms with van der Waals surface area (Å²) in [7, 11) is 1.52. The van der Waals surface area contributed by atoms with Gasteiger partial charge in [0, 0.05) is 5.56 Å². The SMILES string of the molecule is CCOc1ccc(-c2nc(C(N)=O)c3[nH]c(=O)n(-c4ccccc4OCC)c3n2)cc1OC. The van der Waals surface area contributed by atoms with Crippen molar-refractivity contribution in [2.24, 2.45) is 5.73 Å². The predicted molar refractivity (Wildman–Crippen MR) is 122 cm³/mol. The first kappa shape index (κ1) is 21.9. The summed E-state index contributed by atoms with van der Waals surface area (Å²) in [6, 6.07) is 12.2. The van der Waals surface area contributed by atoms with E-state index in [1.807, 2.05) is 13.8 Å². The van der Waals surface area contributed by atoms with Gasteiger partial charge in [-0.25, -0.2) is 19.3 Å². The van der Waals surface area contributed by atoms with Crippen molar-refractivity contribution in [1.29, 1.82) is 0 Å². The number of fused-ring (bicyclic) bond motifs is 1. The highest BCUT2D eigenvalue weighted by Crippen LogP contribution is 2.32. The van der Waals surface area contributed by atoms with E-state index in [1.165, 1.54) is 11.7 Å². The molecule has 33 heavy (non-hydrogen) atoms. The van der Waals surface area contributed by atoms with Gasteiger partial charge in [-0.1, -0.05) is 12.1 Å². The first-order valence-corrected chi connectivity index (χ1v) is 10.3. The van der Waals surface area contributed by atoms with Crippen LogP contribution in [0.2, 0.25) is 0 Å². The smallest absolute Gasteiger partial charge is 0.332 e. The number of rotatable bonds is 8. The average Bonchev–Trinajstić information content (AvgIpc) is 3.14. The van der Waals surface area contributed by atoms with E-state index < -0.39 is 11.6 Å². The molecule has 2 heterocycles. The van der Waals surface area contributed by atoms with Gasteiger partial charge in [-0.2, -0.15) is 0 Å². The molecule has 4 rings (SSSR count). The van der Waals surface area contributed by atoms with Crippen LogP contribution in [0.4, 0.5) is 0 Å². The van der Waals surface area contributed by atoms with E-state index in [1.54, 1.807) is 42.5 Å². The molecule has 10 nitrogen and oxygen atoms in total. The Kier molecular flexibility index (Phi) is 5.99. The molecule has 0 bridgehead atoms. The standard InChI is InChI=1S/C23H23N5O5/c1-4-32-15-9-7-6-8-14(15)28-22-19(26-23(28)30)18(20(24)29)25-21(27-22)13-10-11-16(33-5-2)17(12-13)31-3/h6-12H,4-5H2,1-3H3,(H2,24,29)(H,26,30). The number of nitrogens with one attached hydrogen (secondary N) is 1. The number of ether oxygens (including phenoxy) is 3. The molecule has 0 aliphatic rings. The second-order valence-corrected chi connectivity index (χ2v) is 6.92. The van der Waals surface area contributed by atoms with Gasteiger partial charge in [-0.3, -0.25) is 4.79 Å². The van der Waals surface area contributed by atoms with Crippen molar-refractivity contribution in [3.8, 4) is 34.3 Å². The van der Waals surface area contributed by atoms with Crippen LogP contribution in [0.25, 0.3) is 28.2 Å². The lowest BCUT2D eigenvalue weighted by Crippen LogP contribution is -2.16. The molecular weight excluding hydrogens is 426 g/mol. The maximum Gasteiger partial charge on any atom is 0.332 e. The molecule has 1 amide bonds. The molecule has 0 spiro atoms. The van der Waals surface area contributed by atoms with Crippen LogP contribution in [0, 0.1) is 0 Å². The number of amides is 1. The second-order valence-electron chi connectivity index (χ2n) is 6.92. The highest BCUT2D eigenvalue weighted by atomic mass is 16.5. The van der Waals surface area contributed by atoms with Crippen LogP contribution < -0.4 is 25.6 Å². The molecule has 2 aromatic carbocycles. The number of hydrogen-bond acceptors (Lipinski definition) is 7. The van der Waals surface area contributed by atoms with Crippen LogP contribution in [0.15, 0.2) is 47.3 Å². The zero-order valence-corrected chi connectivity index (χ0v) is 18.4. The number of aromatic amines is 1. The summed E-state index contributed by atoms with van der Waals surface area (Å²) < 4.78 is 18.0. The van der Waals surface area contributed by atoms with Crippen LogP contribution >= 0.6 is 0 Å². The number of carbonyl (C=O) groups is 1. The van der Waals surface area contributed by atoms with E-state index in [4.69, 9.17) is 19.9 Å². The summed E-state index contributed by atoms with van der Waals surface area (Å²) in [6.45, 7) is 4.60. The normalized spacial score (nSPS) is 10.9. The number of nitrogens with two attached hydrogens (primary N) is 1. The lowest BCUT2D eigenvalue weighted by Gasteiger charge is -2.12. The summed E-state index contributed by atoms with van der Waals surface area (Å²) in [5.41, 5.74) is 6.34. The van der Waals surface area contributed by atoms with Gasteiger partial charge in [-0.15, -0.1) is 0 Å². The monoisotopic (exact) mass is 449 g/mol. The molecule has 2 aromatic heterocycles. The summed E-state index contributed by atoms with van der Waals surface area (Å²) >= 11 is 0. The second kappa shape index (κ2) is 9.03. The molecule has 0 atom stereocenters. The van der Waals surface area contributed by atoms with Crippen LogP contribution in [-0.2, 0) is 0 Å². The summed E-state index contributed by atoms with van der Waals surface area (Å²) in [5.74, 6) is 0.926. The van der Waals surface area contributed by atoms with Crippen molar-refractivity contribution in [2.75, 3.05) is 20.3 Å². The van der Waals surface area contributed by atoms with E-state index in [-0.39, 0.29) is 22.7 Å². The van der Waals surface area contributed by atoms with Gasteiger partial charge in [0.25, 0.3) is 5.91 Å². The lowest BCUT2D eigenvalue weighted by atomic mass is 10.1. The molecule has 0 aliphatic heterocycles. The molecule has 0 saturated carbocycles. The number of imidazole rings is 1. The van der Waals surface area contributed by atoms with Crippen molar-refractivity contribution >= 4 is 17.1 Å². The summed E-state index contributed by atoms with van der Waals surface area (Å²) in [4.78, 5) is 36.7. The Hall–Kier alpha value is -4.34. The highest BCUT2D eigenvalue weighted by Gasteiger charge is 2.22. The van der Waals surface area contributed by atoms with Crippen LogP contribution in [0.5, 0.6) is 17.2 Å². The minimum Gasteiger partial charge on any atom is -0.493 e. The molecule has 0 fully saturated rings. The third-order valence-corrected chi connectivity index (χ3v) is 4.90. The van der Waals surface area contributed by atoms with Crippen molar-refractivity contribution in [1.82, 2.24) is 19.5 Å². The molecule has 3 N–H and O–H groups in total. The Morgan fingerprint density at radius 2 is 1.76 bits per heavy atom. The molecule has 0 radical (unpaired) electrons. The first-order chi connectivity index (χ1) is 16.0. The number of primary amides is 1. The van der Waals surface area contributed by atoms with Gasteiger partial charge in [0.2, 0.25) is 0 Å². The fourth-order valence-electron chi connectivity index (χ4n) is 3.52. The maximum atomic E-state index is 12.9. The van der Waals surface area contributed by atoms with Crippen molar-refractivity contribution < 1.29 is 19.0 Å². The number of H-pyrrole nitrogens is 1. The Morgan fingerprint density at radius 3 is 2.45 bits per heavy atom. The van der Waals surface area contributed by atoms with E-state index in [0.29, 0.717) is 41.7 Å². The van der Waals surface area contributed by atoms with Crippen molar-refractivity contribution in [3.63, 3.8) is 0 Å². The minimum atomic E-state index is -0.798. The number of hydrogen-bond donors (Lipinski definition) is 2. The minimum absolute atomic E-state index is 0.104.